The normalized spacial score (nSPS) is 11.0. The molecule has 0 aliphatic rings. The maximum Gasteiger partial charge on any atom is 0.275 e. The molecule has 0 aliphatic carbocycles. The number of hydrogen-bond donors (Lipinski definition) is 1. The van der Waals surface area contributed by atoms with Gasteiger partial charge < -0.3 is 14.2 Å². The van der Waals surface area contributed by atoms with Gasteiger partial charge >= 0.3 is 0 Å². The summed E-state index contributed by atoms with van der Waals surface area (Å²) in [6, 6.07) is 21.0. The van der Waals surface area contributed by atoms with Crippen LogP contribution < -0.4 is 19.6 Å². The fourth-order valence-corrected chi connectivity index (χ4v) is 4.03. The van der Waals surface area contributed by atoms with Crippen LogP contribution in [0.5, 0.6) is 17.2 Å². The zero-order valence-electron chi connectivity index (χ0n) is 19.8. The zero-order valence-corrected chi connectivity index (χ0v) is 21.3. The molecular weight excluding hydrogens is 527 g/mol. The molecule has 0 bridgehead atoms. The average Bonchev–Trinajstić information content (AvgIpc) is 2.88. The lowest BCUT2D eigenvalue weighted by molar-refractivity contribution is 0.0952. The average molecular weight is 551 g/mol. The van der Waals surface area contributed by atoms with E-state index in [1.807, 2.05) is 37.3 Å². The summed E-state index contributed by atoms with van der Waals surface area (Å²) in [5, 5.41) is 6.02. The predicted molar refractivity (Wildman–Crippen MR) is 142 cm³/mol. The fraction of sp³-hybridized carbons (Fsp3) is 0.143. The number of hydrazone groups is 1. The summed E-state index contributed by atoms with van der Waals surface area (Å²) in [7, 11) is 1.52. The van der Waals surface area contributed by atoms with Gasteiger partial charge in [-0.15, -0.1) is 0 Å². The summed E-state index contributed by atoms with van der Waals surface area (Å²) >= 11 is 3.51. The van der Waals surface area contributed by atoms with Gasteiger partial charge in [0.2, 0.25) is 0 Å². The fourth-order valence-electron chi connectivity index (χ4n) is 3.61. The van der Waals surface area contributed by atoms with Crippen LogP contribution in [0.25, 0.3) is 10.8 Å². The number of hydrogen-bond acceptors (Lipinski definition) is 5. The molecule has 0 spiro atoms. The van der Waals surface area contributed by atoms with Crippen molar-refractivity contribution in [2.75, 3.05) is 13.7 Å². The van der Waals surface area contributed by atoms with E-state index in [1.54, 1.807) is 30.3 Å². The van der Waals surface area contributed by atoms with Crippen LogP contribution in [0.15, 0.2) is 82.4 Å². The van der Waals surface area contributed by atoms with Crippen LogP contribution in [0.4, 0.5) is 4.39 Å². The molecule has 0 fully saturated rings. The first-order valence-corrected chi connectivity index (χ1v) is 12.0. The predicted octanol–water partition coefficient (Wildman–Crippen LogP) is 6.49. The van der Waals surface area contributed by atoms with Crippen molar-refractivity contribution in [1.82, 2.24) is 5.43 Å². The molecule has 1 amide bonds. The number of fused-ring (bicyclic) bond motifs is 1. The van der Waals surface area contributed by atoms with Gasteiger partial charge in [0.1, 0.15) is 18.2 Å². The molecule has 0 aliphatic heterocycles. The van der Waals surface area contributed by atoms with Crippen LogP contribution in [0.3, 0.4) is 0 Å². The Balaban J connectivity index is 1.51. The Bertz CT molecular complexity index is 1420. The number of rotatable bonds is 9. The van der Waals surface area contributed by atoms with E-state index < -0.39 is 5.91 Å². The molecule has 4 aromatic rings. The van der Waals surface area contributed by atoms with Crippen LogP contribution in [0, 0.1) is 5.82 Å². The molecule has 8 heteroatoms. The molecule has 0 heterocycles. The summed E-state index contributed by atoms with van der Waals surface area (Å²) in [6.45, 7) is 2.47. The highest BCUT2D eigenvalue weighted by Gasteiger charge is 2.14. The third-order valence-corrected chi connectivity index (χ3v) is 6.02. The minimum absolute atomic E-state index is 0.182. The lowest BCUT2D eigenvalue weighted by atomic mass is 10.1. The number of benzene rings is 4. The lowest BCUT2D eigenvalue weighted by Gasteiger charge is -2.14. The zero-order chi connectivity index (χ0) is 25.5. The minimum atomic E-state index is -0.398. The second-order valence-corrected chi connectivity index (χ2v) is 8.63. The lowest BCUT2D eigenvalue weighted by Crippen LogP contribution is -2.18. The van der Waals surface area contributed by atoms with E-state index in [4.69, 9.17) is 14.2 Å². The Kier molecular flexibility index (Phi) is 8.17. The van der Waals surface area contributed by atoms with Crippen molar-refractivity contribution in [2.24, 2.45) is 5.10 Å². The quantitative estimate of drug-likeness (QED) is 0.191. The van der Waals surface area contributed by atoms with Crippen LogP contribution in [-0.2, 0) is 6.61 Å². The number of carbonyl (C=O) groups is 1. The topological polar surface area (TPSA) is 69.2 Å². The van der Waals surface area contributed by atoms with E-state index in [-0.39, 0.29) is 12.4 Å². The van der Waals surface area contributed by atoms with Crippen molar-refractivity contribution in [3.63, 3.8) is 0 Å². The Morgan fingerprint density at radius 2 is 1.72 bits per heavy atom. The molecule has 0 saturated heterocycles. The van der Waals surface area contributed by atoms with E-state index >= 15 is 0 Å². The highest BCUT2D eigenvalue weighted by atomic mass is 79.9. The van der Waals surface area contributed by atoms with Crippen molar-refractivity contribution >= 4 is 38.8 Å². The molecule has 4 aromatic carbocycles. The number of methoxy groups -OCH3 is 1. The third-order valence-electron chi connectivity index (χ3n) is 5.33. The third kappa shape index (κ3) is 6.01. The van der Waals surface area contributed by atoms with Gasteiger partial charge in [-0.1, -0.05) is 36.4 Å². The summed E-state index contributed by atoms with van der Waals surface area (Å²) in [5.74, 6) is 0.736. The van der Waals surface area contributed by atoms with E-state index in [1.165, 1.54) is 25.5 Å². The largest absolute Gasteiger partial charge is 0.496 e. The second kappa shape index (κ2) is 11.7. The molecule has 0 saturated carbocycles. The van der Waals surface area contributed by atoms with Gasteiger partial charge in [-0.25, -0.2) is 9.82 Å². The number of halogens is 2. The first-order valence-electron chi connectivity index (χ1n) is 11.2. The van der Waals surface area contributed by atoms with E-state index in [0.717, 1.165) is 10.8 Å². The standard InChI is InChI=1S/C28H24BrFN2O4/c1-3-35-26-14-21(24(29)15-27(26)36-17-18-7-6-10-22(30)11-18)16-31-32-28(33)23-12-19-8-4-5-9-20(19)13-25(23)34-2/h4-16H,3,17H2,1-2H3,(H,32,33)/b31-16-. The summed E-state index contributed by atoms with van der Waals surface area (Å²) in [4.78, 5) is 12.8. The highest BCUT2D eigenvalue weighted by molar-refractivity contribution is 9.10. The van der Waals surface area contributed by atoms with Crippen molar-refractivity contribution in [3.8, 4) is 17.2 Å². The summed E-state index contributed by atoms with van der Waals surface area (Å²) in [5.41, 5.74) is 4.30. The maximum atomic E-state index is 13.5. The number of nitrogens with one attached hydrogen (secondary N) is 1. The van der Waals surface area contributed by atoms with Gasteiger partial charge in [-0.2, -0.15) is 5.10 Å². The molecule has 6 nitrogen and oxygen atoms in total. The van der Waals surface area contributed by atoms with Crippen LogP contribution >= 0.6 is 15.9 Å². The molecule has 0 unspecified atom stereocenters. The Labute approximate surface area is 216 Å². The van der Waals surface area contributed by atoms with Gasteiger partial charge in [-0.05, 0) is 75.6 Å². The van der Waals surface area contributed by atoms with Crippen LogP contribution in [0.2, 0.25) is 0 Å². The Morgan fingerprint density at radius 1 is 0.972 bits per heavy atom. The SMILES string of the molecule is CCOc1cc(/C=N\NC(=O)c2cc3ccccc3cc2OC)c(Br)cc1OCc1cccc(F)c1. The molecule has 4 rings (SSSR count). The molecular formula is C28H24BrFN2O4. The van der Waals surface area contributed by atoms with Gasteiger partial charge in [0.15, 0.2) is 11.5 Å². The highest BCUT2D eigenvalue weighted by Crippen LogP contribution is 2.34. The van der Waals surface area contributed by atoms with Crippen molar-refractivity contribution < 1.29 is 23.4 Å². The van der Waals surface area contributed by atoms with Crippen LogP contribution in [-0.4, -0.2) is 25.8 Å². The first-order chi connectivity index (χ1) is 17.5. The van der Waals surface area contributed by atoms with Gasteiger partial charge in [0.25, 0.3) is 5.91 Å². The van der Waals surface area contributed by atoms with Crippen molar-refractivity contribution in [2.45, 2.75) is 13.5 Å². The van der Waals surface area contributed by atoms with Crippen LogP contribution in [0.1, 0.15) is 28.4 Å². The number of amides is 1. The molecule has 184 valence electrons. The first kappa shape index (κ1) is 25.2. The van der Waals surface area contributed by atoms with Crippen molar-refractivity contribution in [1.29, 1.82) is 0 Å². The van der Waals surface area contributed by atoms with Gasteiger partial charge in [0.05, 0.1) is 25.5 Å². The number of ether oxygens (including phenoxy) is 3. The summed E-state index contributed by atoms with van der Waals surface area (Å²) in [6.07, 6.45) is 1.51. The van der Waals surface area contributed by atoms with Gasteiger partial charge in [0, 0.05) is 10.0 Å². The van der Waals surface area contributed by atoms with E-state index in [2.05, 4.69) is 26.5 Å². The monoisotopic (exact) mass is 550 g/mol. The van der Waals surface area contributed by atoms with E-state index in [9.17, 15) is 9.18 Å². The molecule has 1 N–H and O–H groups in total. The van der Waals surface area contributed by atoms with Crippen molar-refractivity contribution in [3.05, 3.63) is 99.8 Å². The Hall–Kier alpha value is -3.91. The molecule has 36 heavy (non-hydrogen) atoms. The smallest absolute Gasteiger partial charge is 0.275 e. The molecule has 0 aromatic heterocycles. The number of nitrogens with zero attached hydrogens (tertiary/aromatic N) is 1. The second-order valence-electron chi connectivity index (χ2n) is 7.77. The number of carbonyl (C=O) groups excluding carboxylic acids is 1. The molecule has 0 atom stereocenters. The van der Waals surface area contributed by atoms with Gasteiger partial charge in [-0.3, -0.25) is 4.79 Å². The molecule has 0 radical (unpaired) electrons. The van der Waals surface area contributed by atoms with E-state index in [0.29, 0.717) is 45.0 Å². The maximum absolute atomic E-state index is 13.5. The minimum Gasteiger partial charge on any atom is -0.496 e. The Morgan fingerprint density at radius 3 is 2.44 bits per heavy atom. The summed E-state index contributed by atoms with van der Waals surface area (Å²) < 4.78 is 31.2.